The zero-order chi connectivity index (χ0) is 14.7. The van der Waals surface area contributed by atoms with Gasteiger partial charge in [0.05, 0.1) is 0 Å². The second-order valence-electron chi connectivity index (χ2n) is 7.25. The lowest BCUT2D eigenvalue weighted by Crippen LogP contribution is -2.48. The van der Waals surface area contributed by atoms with E-state index in [1.165, 1.54) is 50.9 Å². The highest BCUT2D eigenvalue weighted by Gasteiger charge is 2.27. The van der Waals surface area contributed by atoms with Crippen LogP contribution < -0.4 is 10.2 Å². The van der Waals surface area contributed by atoms with Crippen molar-refractivity contribution < 1.29 is 0 Å². The fourth-order valence-electron chi connectivity index (χ4n) is 4.28. The Balaban J connectivity index is 1.48. The Morgan fingerprint density at radius 2 is 1.57 bits per heavy atom. The number of nitrogens with zero attached hydrogens (tertiary/aromatic N) is 2. The van der Waals surface area contributed by atoms with E-state index in [4.69, 9.17) is 0 Å². The van der Waals surface area contributed by atoms with Gasteiger partial charge in [-0.25, -0.2) is 0 Å². The van der Waals surface area contributed by atoms with E-state index in [0.717, 1.165) is 17.9 Å². The first-order chi connectivity index (χ1) is 10.2. The van der Waals surface area contributed by atoms with Crippen LogP contribution in [0.25, 0.3) is 0 Å². The van der Waals surface area contributed by atoms with Crippen molar-refractivity contribution in [1.82, 2.24) is 10.3 Å². The van der Waals surface area contributed by atoms with Gasteiger partial charge in [-0.3, -0.25) is 4.98 Å². The summed E-state index contributed by atoms with van der Waals surface area (Å²) in [5, 5.41) is 3.95. The average molecular weight is 287 g/mol. The van der Waals surface area contributed by atoms with Crippen LogP contribution in [0.5, 0.6) is 0 Å². The van der Waals surface area contributed by atoms with Crippen molar-refractivity contribution in [3.05, 3.63) is 24.5 Å². The Kier molecular flexibility index (Phi) is 4.79. The second kappa shape index (κ2) is 6.78. The maximum absolute atomic E-state index is 4.11. The second-order valence-corrected chi connectivity index (χ2v) is 7.25. The zero-order valence-corrected chi connectivity index (χ0v) is 13.5. The lowest BCUT2D eigenvalue weighted by molar-refractivity contribution is 0.217. The van der Waals surface area contributed by atoms with Gasteiger partial charge in [-0.2, -0.15) is 0 Å². The number of pyridine rings is 1. The molecule has 1 saturated carbocycles. The van der Waals surface area contributed by atoms with Crippen LogP contribution in [0.1, 0.15) is 46.0 Å². The number of piperidine rings is 1. The highest BCUT2D eigenvalue weighted by atomic mass is 15.1. The van der Waals surface area contributed by atoms with E-state index in [2.05, 4.69) is 41.2 Å². The van der Waals surface area contributed by atoms with Gasteiger partial charge < -0.3 is 10.2 Å². The highest BCUT2D eigenvalue weighted by molar-refractivity contribution is 5.44. The number of aromatic nitrogens is 1. The largest absolute Gasteiger partial charge is 0.371 e. The Bertz CT molecular complexity index is 415. The maximum Gasteiger partial charge on any atom is 0.0397 e. The van der Waals surface area contributed by atoms with Gasteiger partial charge in [-0.1, -0.05) is 13.8 Å². The van der Waals surface area contributed by atoms with E-state index < -0.39 is 0 Å². The molecule has 3 rings (SSSR count). The fraction of sp³-hybridized carbons (Fsp3) is 0.722. The SMILES string of the molecule is CC1CC(C)CC(NC2CCN(c3ccncc3)CC2)C1. The van der Waals surface area contributed by atoms with Gasteiger partial charge in [-0.05, 0) is 56.1 Å². The molecule has 21 heavy (non-hydrogen) atoms. The third-order valence-electron chi connectivity index (χ3n) is 5.17. The molecular weight excluding hydrogens is 258 g/mol. The van der Waals surface area contributed by atoms with Crippen LogP contribution >= 0.6 is 0 Å². The first-order valence-corrected chi connectivity index (χ1v) is 8.61. The van der Waals surface area contributed by atoms with Gasteiger partial charge in [0.2, 0.25) is 0 Å². The quantitative estimate of drug-likeness (QED) is 0.922. The first-order valence-electron chi connectivity index (χ1n) is 8.61. The third-order valence-corrected chi connectivity index (χ3v) is 5.17. The van der Waals surface area contributed by atoms with Crippen LogP contribution in [0.3, 0.4) is 0 Å². The van der Waals surface area contributed by atoms with E-state index >= 15 is 0 Å². The molecule has 2 fully saturated rings. The van der Waals surface area contributed by atoms with Gasteiger partial charge in [0, 0.05) is 43.3 Å². The molecule has 2 atom stereocenters. The molecule has 3 heteroatoms. The van der Waals surface area contributed by atoms with E-state index in [0.29, 0.717) is 6.04 Å². The van der Waals surface area contributed by atoms with E-state index in [1.54, 1.807) is 0 Å². The molecule has 0 radical (unpaired) electrons. The normalized spacial score (nSPS) is 31.3. The summed E-state index contributed by atoms with van der Waals surface area (Å²) in [5.74, 6) is 1.78. The molecule has 2 heterocycles. The van der Waals surface area contributed by atoms with E-state index in [-0.39, 0.29) is 0 Å². The minimum Gasteiger partial charge on any atom is -0.371 e. The Morgan fingerprint density at radius 1 is 0.952 bits per heavy atom. The lowest BCUT2D eigenvalue weighted by Gasteiger charge is -2.38. The van der Waals surface area contributed by atoms with Gasteiger partial charge in [0.25, 0.3) is 0 Å². The van der Waals surface area contributed by atoms with Crippen LogP contribution in [-0.4, -0.2) is 30.2 Å². The molecule has 2 aliphatic rings. The van der Waals surface area contributed by atoms with Crippen molar-refractivity contribution in [3.8, 4) is 0 Å². The Labute approximate surface area is 129 Å². The summed E-state index contributed by atoms with van der Waals surface area (Å²) in [7, 11) is 0. The molecule has 0 amide bonds. The summed E-state index contributed by atoms with van der Waals surface area (Å²) in [4.78, 5) is 6.60. The molecule has 0 aromatic carbocycles. The van der Waals surface area contributed by atoms with Gasteiger partial charge >= 0.3 is 0 Å². The molecule has 1 aromatic rings. The zero-order valence-electron chi connectivity index (χ0n) is 13.5. The molecule has 0 bridgehead atoms. The minimum atomic E-state index is 0.714. The summed E-state index contributed by atoms with van der Waals surface area (Å²) in [6.45, 7) is 7.16. The Morgan fingerprint density at radius 3 is 2.19 bits per heavy atom. The van der Waals surface area contributed by atoms with Crippen molar-refractivity contribution in [2.24, 2.45) is 11.8 Å². The molecule has 1 aliphatic carbocycles. The molecule has 3 nitrogen and oxygen atoms in total. The number of nitrogens with one attached hydrogen (secondary N) is 1. The number of hydrogen-bond donors (Lipinski definition) is 1. The van der Waals surface area contributed by atoms with Crippen molar-refractivity contribution in [1.29, 1.82) is 0 Å². The van der Waals surface area contributed by atoms with Gasteiger partial charge in [0.15, 0.2) is 0 Å². The predicted molar refractivity (Wildman–Crippen MR) is 88.6 cm³/mol. The molecule has 0 spiro atoms. The number of rotatable bonds is 3. The third kappa shape index (κ3) is 3.97. The molecule has 1 aliphatic heterocycles. The molecule has 1 saturated heterocycles. The standard InChI is InChI=1S/C18H29N3/c1-14-11-15(2)13-17(12-14)20-16-5-9-21(10-6-16)18-3-7-19-8-4-18/h3-4,7-8,14-17,20H,5-6,9-13H2,1-2H3. The average Bonchev–Trinajstić information content (AvgIpc) is 2.48. The summed E-state index contributed by atoms with van der Waals surface area (Å²) in [6.07, 6.45) is 10.5. The van der Waals surface area contributed by atoms with Gasteiger partial charge in [-0.15, -0.1) is 0 Å². The molecule has 1 aromatic heterocycles. The maximum atomic E-state index is 4.11. The summed E-state index contributed by atoms with van der Waals surface area (Å²) >= 11 is 0. The van der Waals surface area contributed by atoms with E-state index in [9.17, 15) is 0 Å². The van der Waals surface area contributed by atoms with Crippen molar-refractivity contribution >= 4 is 5.69 Å². The topological polar surface area (TPSA) is 28.2 Å². The summed E-state index contributed by atoms with van der Waals surface area (Å²) in [5.41, 5.74) is 1.32. The monoisotopic (exact) mass is 287 g/mol. The van der Waals surface area contributed by atoms with E-state index in [1.807, 2.05) is 12.4 Å². The number of anilines is 1. The highest BCUT2D eigenvalue weighted by Crippen LogP contribution is 2.29. The molecule has 1 N–H and O–H groups in total. The van der Waals surface area contributed by atoms with Crippen LogP contribution in [0.15, 0.2) is 24.5 Å². The molecule has 116 valence electrons. The van der Waals surface area contributed by atoms with Crippen LogP contribution in [0, 0.1) is 11.8 Å². The summed E-state index contributed by atoms with van der Waals surface area (Å²) in [6, 6.07) is 5.71. The first kappa shape index (κ1) is 14.8. The predicted octanol–water partition coefficient (Wildman–Crippen LogP) is 3.46. The smallest absolute Gasteiger partial charge is 0.0397 e. The molecular formula is C18H29N3. The van der Waals surface area contributed by atoms with Gasteiger partial charge in [0.1, 0.15) is 0 Å². The number of hydrogen-bond acceptors (Lipinski definition) is 3. The van der Waals surface area contributed by atoms with Crippen molar-refractivity contribution in [2.45, 2.75) is 58.0 Å². The lowest BCUT2D eigenvalue weighted by atomic mass is 9.80. The molecule has 2 unspecified atom stereocenters. The van der Waals surface area contributed by atoms with Crippen LogP contribution in [-0.2, 0) is 0 Å². The van der Waals surface area contributed by atoms with Crippen molar-refractivity contribution in [2.75, 3.05) is 18.0 Å². The van der Waals surface area contributed by atoms with Crippen molar-refractivity contribution in [3.63, 3.8) is 0 Å². The fourth-order valence-corrected chi connectivity index (χ4v) is 4.28. The minimum absolute atomic E-state index is 0.714. The Hall–Kier alpha value is -1.09. The van der Waals surface area contributed by atoms with Crippen LogP contribution in [0.2, 0.25) is 0 Å². The summed E-state index contributed by atoms with van der Waals surface area (Å²) < 4.78 is 0. The van der Waals surface area contributed by atoms with Crippen LogP contribution in [0.4, 0.5) is 5.69 Å².